The van der Waals surface area contributed by atoms with E-state index in [1.54, 1.807) is 0 Å². The fourth-order valence-electron chi connectivity index (χ4n) is 2.06. The van der Waals surface area contributed by atoms with Gasteiger partial charge in [0.1, 0.15) is 0 Å². The van der Waals surface area contributed by atoms with Gasteiger partial charge in [0, 0.05) is 12.0 Å². The first kappa shape index (κ1) is 14.0. The van der Waals surface area contributed by atoms with E-state index in [9.17, 15) is 4.79 Å². The first-order valence-electron chi connectivity index (χ1n) is 6.22. The van der Waals surface area contributed by atoms with Crippen LogP contribution in [0.5, 0.6) is 0 Å². The Morgan fingerprint density at radius 1 is 0.950 bits per heavy atom. The van der Waals surface area contributed by atoms with Crippen molar-refractivity contribution in [3.05, 3.63) is 71.8 Å². The standard InChI is InChI=1S/C16H13NO2.H2O/c18-16-14(11-12-7-3-1-4-8-12)17-15(19-16)13-9-5-2-6-10-13;/h1-10,14H,11H2;1H2. The largest absolute Gasteiger partial charge is 0.412 e. The molecule has 2 N–H and O–H groups in total. The zero-order valence-corrected chi connectivity index (χ0v) is 10.8. The van der Waals surface area contributed by atoms with Crippen LogP contribution in [0.3, 0.4) is 0 Å². The molecule has 0 aromatic heterocycles. The normalized spacial score (nSPS) is 17.1. The van der Waals surface area contributed by atoms with Crippen LogP contribution in [0.1, 0.15) is 11.1 Å². The monoisotopic (exact) mass is 269 g/mol. The SMILES string of the molecule is O.O=C1OC(c2ccccc2)=NC1Cc1ccccc1. The molecule has 2 aromatic carbocycles. The van der Waals surface area contributed by atoms with Crippen LogP contribution in [-0.2, 0) is 16.0 Å². The van der Waals surface area contributed by atoms with Crippen LogP contribution in [0.15, 0.2) is 65.7 Å². The van der Waals surface area contributed by atoms with Crippen molar-refractivity contribution in [1.29, 1.82) is 0 Å². The second kappa shape index (κ2) is 6.12. The Labute approximate surface area is 117 Å². The van der Waals surface area contributed by atoms with Crippen molar-refractivity contribution in [1.82, 2.24) is 0 Å². The van der Waals surface area contributed by atoms with E-state index in [-0.39, 0.29) is 11.4 Å². The lowest BCUT2D eigenvalue weighted by atomic mass is 10.1. The highest BCUT2D eigenvalue weighted by Gasteiger charge is 2.29. The van der Waals surface area contributed by atoms with Crippen molar-refractivity contribution in [3.63, 3.8) is 0 Å². The maximum Gasteiger partial charge on any atom is 0.338 e. The Bertz CT molecular complexity index is 608. The summed E-state index contributed by atoms with van der Waals surface area (Å²) in [5, 5.41) is 0. The smallest absolute Gasteiger partial charge is 0.338 e. The third-order valence-corrected chi connectivity index (χ3v) is 3.04. The third kappa shape index (κ3) is 2.92. The molecule has 3 rings (SSSR count). The summed E-state index contributed by atoms with van der Waals surface area (Å²) >= 11 is 0. The first-order valence-corrected chi connectivity index (χ1v) is 6.22. The van der Waals surface area contributed by atoms with Crippen LogP contribution in [-0.4, -0.2) is 23.4 Å². The number of rotatable bonds is 3. The maximum absolute atomic E-state index is 11.8. The molecule has 0 aliphatic carbocycles. The molecule has 0 spiro atoms. The molecule has 1 aliphatic rings. The van der Waals surface area contributed by atoms with Gasteiger partial charge in [0.2, 0.25) is 5.90 Å². The van der Waals surface area contributed by atoms with E-state index in [2.05, 4.69) is 4.99 Å². The molecule has 20 heavy (non-hydrogen) atoms. The van der Waals surface area contributed by atoms with Gasteiger partial charge in [0.15, 0.2) is 6.04 Å². The zero-order valence-electron chi connectivity index (χ0n) is 10.8. The van der Waals surface area contributed by atoms with Crippen LogP contribution < -0.4 is 0 Å². The number of hydrogen-bond acceptors (Lipinski definition) is 3. The molecule has 1 unspecified atom stereocenters. The van der Waals surface area contributed by atoms with E-state index < -0.39 is 6.04 Å². The summed E-state index contributed by atoms with van der Waals surface area (Å²) in [7, 11) is 0. The van der Waals surface area contributed by atoms with Crippen LogP contribution in [0.25, 0.3) is 0 Å². The summed E-state index contributed by atoms with van der Waals surface area (Å²) in [6.45, 7) is 0. The Morgan fingerprint density at radius 2 is 1.55 bits per heavy atom. The third-order valence-electron chi connectivity index (χ3n) is 3.04. The Hall–Kier alpha value is -2.46. The van der Waals surface area contributed by atoms with Gasteiger partial charge in [-0.3, -0.25) is 0 Å². The minimum Gasteiger partial charge on any atom is -0.412 e. The average Bonchev–Trinajstić information content (AvgIpc) is 2.82. The van der Waals surface area contributed by atoms with Gasteiger partial charge in [-0.25, -0.2) is 9.79 Å². The van der Waals surface area contributed by atoms with Crippen molar-refractivity contribution in [3.8, 4) is 0 Å². The lowest BCUT2D eigenvalue weighted by molar-refractivity contribution is -0.134. The molecule has 0 fully saturated rings. The summed E-state index contributed by atoms with van der Waals surface area (Å²) in [6, 6.07) is 18.9. The first-order chi connectivity index (χ1) is 9.33. The molecule has 0 saturated carbocycles. The fourth-order valence-corrected chi connectivity index (χ4v) is 2.06. The minimum atomic E-state index is -0.433. The molecule has 1 aliphatic heterocycles. The molecule has 0 bridgehead atoms. The van der Waals surface area contributed by atoms with Gasteiger partial charge < -0.3 is 10.2 Å². The van der Waals surface area contributed by atoms with Crippen LogP contribution in [0, 0.1) is 0 Å². The highest BCUT2D eigenvalue weighted by Crippen LogP contribution is 2.16. The molecular weight excluding hydrogens is 254 g/mol. The molecule has 0 saturated heterocycles. The highest BCUT2D eigenvalue weighted by molar-refractivity contribution is 6.06. The molecule has 102 valence electrons. The van der Waals surface area contributed by atoms with E-state index in [1.165, 1.54) is 0 Å². The van der Waals surface area contributed by atoms with Gasteiger partial charge in [-0.05, 0) is 17.7 Å². The van der Waals surface area contributed by atoms with Crippen LogP contribution in [0.4, 0.5) is 0 Å². The predicted octanol–water partition coefficient (Wildman–Crippen LogP) is 1.78. The number of nitrogens with zero attached hydrogens (tertiary/aromatic N) is 1. The topological polar surface area (TPSA) is 70.2 Å². The van der Waals surface area contributed by atoms with Gasteiger partial charge >= 0.3 is 5.97 Å². The fraction of sp³-hybridized carbons (Fsp3) is 0.125. The summed E-state index contributed by atoms with van der Waals surface area (Å²) in [5.41, 5.74) is 1.92. The number of carbonyl (C=O) groups is 1. The summed E-state index contributed by atoms with van der Waals surface area (Å²) in [5.74, 6) is 0.147. The number of hydrogen-bond donors (Lipinski definition) is 0. The molecule has 2 aromatic rings. The molecule has 0 radical (unpaired) electrons. The highest BCUT2D eigenvalue weighted by atomic mass is 16.6. The molecule has 1 heterocycles. The van der Waals surface area contributed by atoms with Crippen LogP contribution >= 0.6 is 0 Å². The van der Waals surface area contributed by atoms with Crippen molar-refractivity contribution in [2.24, 2.45) is 4.99 Å². The number of carbonyl (C=O) groups excluding carboxylic acids is 1. The minimum absolute atomic E-state index is 0. The van der Waals surface area contributed by atoms with E-state index in [4.69, 9.17) is 4.74 Å². The van der Waals surface area contributed by atoms with E-state index in [0.29, 0.717) is 12.3 Å². The average molecular weight is 269 g/mol. The second-order valence-corrected chi connectivity index (χ2v) is 4.43. The Balaban J connectivity index is 0.00000147. The molecule has 4 heteroatoms. The van der Waals surface area contributed by atoms with E-state index in [1.807, 2.05) is 60.7 Å². The molecule has 4 nitrogen and oxygen atoms in total. The number of cyclic esters (lactones) is 1. The molecule has 1 atom stereocenters. The van der Waals surface area contributed by atoms with Crippen molar-refractivity contribution in [2.45, 2.75) is 12.5 Å². The van der Waals surface area contributed by atoms with Crippen molar-refractivity contribution in [2.75, 3.05) is 0 Å². The van der Waals surface area contributed by atoms with Crippen LogP contribution in [0.2, 0.25) is 0 Å². The van der Waals surface area contributed by atoms with Gasteiger partial charge in [-0.1, -0.05) is 48.5 Å². The van der Waals surface area contributed by atoms with Gasteiger partial charge in [-0.2, -0.15) is 0 Å². The number of ether oxygens (including phenoxy) is 1. The van der Waals surface area contributed by atoms with E-state index >= 15 is 0 Å². The lowest BCUT2D eigenvalue weighted by Crippen LogP contribution is -2.17. The number of aliphatic imine (C=N–C) groups is 1. The van der Waals surface area contributed by atoms with Crippen molar-refractivity contribution < 1.29 is 15.0 Å². The number of esters is 1. The Morgan fingerprint density at radius 3 is 2.20 bits per heavy atom. The number of benzene rings is 2. The summed E-state index contributed by atoms with van der Waals surface area (Å²) < 4.78 is 5.24. The van der Waals surface area contributed by atoms with Gasteiger partial charge in [0.25, 0.3) is 0 Å². The van der Waals surface area contributed by atoms with Gasteiger partial charge in [-0.15, -0.1) is 0 Å². The van der Waals surface area contributed by atoms with Gasteiger partial charge in [0.05, 0.1) is 0 Å². The molecule has 0 amide bonds. The lowest BCUT2D eigenvalue weighted by Gasteiger charge is -2.02. The second-order valence-electron chi connectivity index (χ2n) is 4.43. The maximum atomic E-state index is 11.8. The Kier molecular flexibility index (Phi) is 4.27. The molecular formula is C16H15NO3. The van der Waals surface area contributed by atoms with E-state index in [0.717, 1.165) is 11.1 Å². The summed E-state index contributed by atoms with van der Waals surface area (Å²) in [6.07, 6.45) is 0.579. The summed E-state index contributed by atoms with van der Waals surface area (Å²) in [4.78, 5) is 16.2. The zero-order chi connectivity index (χ0) is 13.1. The quantitative estimate of drug-likeness (QED) is 0.797. The predicted molar refractivity (Wildman–Crippen MR) is 76.6 cm³/mol. The van der Waals surface area contributed by atoms with Crippen molar-refractivity contribution >= 4 is 11.9 Å².